The summed E-state index contributed by atoms with van der Waals surface area (Å²) in [4.78, 5) is 12.2. The second-order valence-electron chi connectivity index (χ2n) is 4.93. The highest BCUT2D eigenvalue weighted by atomic mass is 16.2. The number of para-hydroxylation sites is 1. The summed E-state index contributed by atoms with van der Waals surface area (Å²) in [5.41, 5.74) is 4.21. The van der Waals surface area contributed by atoms with Crippen LogP contribution in [0.3, 0.4) is 0 Å². The van der Waals surface area contributed by atoms with Gasteiger partial charge in [0.2, 0.25) is 0 Å². The lowest BCUT2D eigenvalue weighted by Crippen LogP contribution is -2.21. The number of urea groups is 1. The summed E-state index contributed by atoms with van der Waals surface area (Å²) in [6.45, 7) is 4.13. The van der Waals surface area contributed by atoms with E-state index < -0.39 is 0 Å². The van der Waals surface area contributed by atoms with Crippen molar-refractivity contribution in [3.63, 3.8) is 0 Å². The molecule has 0 aromatic heterocycles. The molecule has 0 spiro atoms. The lowest BCUT2D eigenvalue weighted by Gasteiger charge is -2.15. The largest absolute Gasteiger partial charge is 0.323 e. The van der Waals surface area contributed by atoms with Crippen molar-refractivity contribution in [1.82, 2.24) is 0 Å². The molecule has 4 nitrogen and oxygen atoms in total. The van der Waals surface area contributed by atoms with E-state index in [9.17, 15) is 4.79 Å². The van der Waals surface area contributed by atoms with Crippen LogP contribution in [-0.4, -0.2) is 6.03 Å². The van der Waals surface area contributed by atoms with E-state index in [0.717, 1.165) is 29.7 Å². The third-order valence-electron chi connectivity index (χ3n) is 3.49. The summed E-state index contributed by atoms with van der Waals surface area (Å²) >= 11 is 0. The third kappa shape index (κ3) is 3.64. The minimum atomic E-state index is -0.300. The number of hydrogen-bond acceptors (Lipinski definition) is 2. The molecule has 0 bridgehead atoms. The van der Waals surface area contributed by atoms with E-state index in [2.05, 4.69) is 30.6 Å². The van der Waals surface area contributed by atoms with E-state index >= 15 is 0 Å². The van der Waals surface area contributed by atoms with Crippen molar-refractivity contribution in [3.8, 4) is 6.07 Å². The first kappa shape index (κ1) is 15.6. The first-order valence-corrected chi connectivity index (χ1v) is 7.36. The van der Waals surface area contributed by atoms with Crippen LogP contribution in [0, 0.1) is 11.3 Å². The molecular formula is C18H19N3O. The predicted molar refractivity (Wildman–Crippen MR) is 89.0 cm³/mol. The highest BCUT2D eigenvalue weighted by Crippen LogP contribution is 2.23. The number of anilines is 2. The van der Waals surface area contributed by atoms with Crippen LogP contribution in [0.1, 0.15) is 30.5 Å². The molecule has 2 rings (SSSR count). The fourth-order valence-electron chi connectivity index (χ4n) is 2.35. The lowest BCUT2D eigenvalue weighted by atomic mass is 10.0. The van der Waals surface area contributed by atoms with Crippen LogP contribution in [0.25, 0.3) is 0 Å². The molecule has 0 atom stereocenters. The summed E-state index contributed by atoms with van der Waals surface area (Å²) in [5, 5.41) is 14.6. The Kier molecular flexibility index (Phi) is 5.16. The van der Waals surface area contributed by atoms with Gasteiger partial charge in [-0.1, -0.05) is 38.1 Å². The van der Waals surface area contributed by atoms with Crippen LogP contribution in [-0.2, 0) is 12.8 Å². The van der Waals surface area contributed by atoms with E-state index in [0.29, 0.717) is 11.3 Å². The van der Waals surface area contributed by atoms with Gasteiger partial charge in [0.1, 0.15) is 0 Å². The maximum atomic E-state index is 12.2. The zero-order chi connectivity index (χ0) is 15.9. The summed E-state index contributed by atoms with van der Waals surface area (Å²) in [7, 11) is 0. The van der Waals surface area contributed by atoms with Crippen LogP contribution in [0.5, 0.6) is 0 Å². The van der Waals surface area contributed by atoms with E-state index in [1.807, 2.05) is 18.2 Å². The molecule has 0 saturated carbocycles. The summed E-state index contributed by atoms with van der Waals surface area (Å²) in [6.07, 6.45) is 1.71. The zero-order valence-electron chi connectivity index (χ0n) is 12.8. The Balaban J connectivity index is 2.17. The number of nitrogens with one attached hydrogen (secondary N) is 2. The number of carbonyl (C=O) groups is 1. The van der Waals surface area contributed by atoms with E-state index in [-0.39, 0.29) is 6.03 Å². The highest BCUT2D eigenvalue weighted by Gasteiger charge is 2.10. The Labute approximate surface area is 130 Å². The fraction of sp³-hybridized carbons (Fsp3) is 0.222. The Hall–Kier alpha value is -2.80. The monoisotopic (exact) mass is 293 g/mol. The molecule has 2 aromatic rings. The molecule has 2 amide bonds. The van der Waals surface area contributed by atoms with Crippen LogP contribution in [0.4, 0.5) is 16.2 Å². The predicted octanol–water partition coefficient (Wildman–Crippen LogP) is 4.33. The first-order valence-electron chi connectivity index (χ1n) is 7.36. The van der Waals surface area contributed by atoms with Gasteiger partial charge in [-0.2, -0.15) is 5.26 Å². The van der Waals surface area contributed by atoms with Gasteiger partial charge in [0, 0.05) is 11.4 Å². The number of hydrogen-bond donors (Lipinski definition) is 2. The van der Waals surface area contributed by atoms with Gasteiger partial charge in [-0.3, -0.25) is 0 Å². The standard InChI is InChI=1S/C18H19N3O/c1-3-14-8-6-9-15(4-2)17(14)21-18(22)20-16-10-5-7-13(11-16)12-19/h5-11H,3-4H2,1-2H3,(H2,20,21,22). The SMILES string of the molecule is CCc1cccc(CC)c1NC(=O)Nc1cccc(C#N)c1. The molecule has 2 N–H and O–H groups in total. The number of rotatable bonds is 4. The van der Waals surface area contributed by atoms with E-state index in [1.54, 1.807) is 24.3 Å². The van der Waals surface area contributed by atoms with Crippen molar-refractivity contribution in [2.45, 2.75) is 26.7 Å². The molecule has 2 aromatic carbocycles. The van der Waals surface area contributed by atoms with Crippen molar-refractivity contribution in [3.05, 3.63) is 59.2 Å². The molecular weight excluding hydrogens is 274 g/mol. The summed E-state index contributed by atoms with van der Waals surface area (Å²) in [5.74, 6) is 0. The average molecular weight is 293 g/mol. The van der Waals surface area contributed by atoms with Crippen LogP contribution >= 0.6 is 0 Å². The minimum absolute atomic E-state index is 0.300. The first-order chi connectivity index (χ1) is 10.7. The van der Waals surface area contributed by atoms with Crippen molar-refractivity contribution >= 4 is 17.4 Å². The van der Waals surface area contributed by atoms with Crippen LogP contribution < -0.4 is 10.6 Å². The van der Waals surface area contributed by atoms with Gasteiger partial charge >= 0.3 is 6.03 Å². The Morgan fingerprint density at radius 2 is 1.68 bits per heavy atom. The maximum Gasteiger partial charge on any atom is 0.323 e. The number of nitriles is 1. The number of amides is 2. The molecule has 4 heteroatoms. The molecule has 0 saturated heterocycles. The Bertz CT molecular complexity index is 694. The Morgan fingerprint density at radius 1 is 1.05 bits per heavy atom. The summed E-state index contributed by atoms with van der Waals surface area (Å²) < 4.78 is 0. The van der Waals surface area contributed by atoms with Gasteiger partial charge in [0.25, 0.3) is 0 Å². The highest BCUT2D eigenvalue weighted by molar-refractivity contribution is 6.00. The molecule has 0 heterocycles. The zero-order valence-corrected chi connectivity index (χ0v) is 12.8. The lowest BCUT2D eigenvalue weighted by molar-refractivity contribution is 0.262. The second-order valence-corrected chi connectivity index (χ2v) is 4.93. The number of benzene rings is 2. The minimum Gasteiger partial charge on any atom is -0.308 e. The average Bonchev–Trinajstić information content (AvgIpc) is 2.55. The smallest absolute Gasteiger partial charge is 0.308 e. The molecule has 0 aliphatic rings. The van der Waals surface area contributed by atoms with E-state index in [4.69, 9.17) is 5.26 Å². The van der Waals surface area contributed by atoms with Crippen molar-refractivity contribution in [1.29, 1.82) is 5.26 Å². The second kappa shape index (κ2) is 7.28. The molecule has 0 unspecified atom stereocenters. The van der Waals surface area contributed by atoms with Gasteiger partial charge < -0.3 is 10.6 Å². The maximum absolute atomic E-state index is 12.2. The molecule has 112 valence electrons. The summed E-state index contributed by atoms with van der Waals surface area (Å²) in [6, 6.07) is 14.6. The number of carbonyl (C=O) groups excluding carboxylic acids is 1. The third-order valence-corrected chi connectivity index (χ3v) is 3.49. The number of nitrogens with zero attached hydrogens (tertiary/aromatic N) is 1. The quantitative estimate of drug-likeness (QED) is 0.881. The molecule has 0 fully saturated rings. The normalized spacial score (nSPS) is 9.86. The Morgan fingerprint density at radius 3 is 2.27 bits per heavy atom. The van der Waals surface area contributed by atoms with Crippen molar-refractivity contribution < 1.29 is 4.79 Å². The van der Waals surface area contributed by atoms with Crippen molar-refractivity contribution in [2.24, 2.45) is 0 Å². The van der Waals surface area contributed by atoms with Crippen molar-refractivity contribution in [2.75, 3.05) is 10.6 Å². The topological polar surface area (TPSA) is 64.9 Å². The van der Waals surface area contributed by atoms with Gasteiger partial charge in [-0.15, -0.1) is 0 Å². The molecule has 22 heavy (non-hydrogen) atoms. The molecule has 0 aliphatic heterocycles. The fourth-order valence-corrected chi connectivity index (χ4v) is 2.35. The molecule has 0 aliphatic carbocycles. The molecule has 0 radical (unpaired) electrons. The van der Waals surface area contributed by atoms with Gasteiger partial charge in [0.05, 0.1) is 11.6 Å². The van der Waals surface area contributed by atoms with E-state index in [1.165, 1.54) is 0 Å². The van der Waals surface area contributed by atoms with Gasteiger partial charge in [0.15, 0.2) is 0 Å². The van der Waals surface area contributed by atoms with Gasteiger partial charge in [-0.05, 0) is 42.2 Å². The number of aryl methyl sites for hydroxylation is 2. The van der Waals surface area contributed by atoms with Gasteiger partial charge in [-0.25, -0.2) is 4.79 Å². The van der Waals surface area contributed by atoms with Crippen LogP contribution in [0.15, 0.2) is 42.5 Å². The van der Waals surface area contributed by atoms with Crippen LogP contribution in [0.2, 0.25) is 0 Å².